The SMILES string of the molecule is Cc1ccnc(N2c3ccccc3N(c3c(C)cc(C)cc3C)c3ccc(-c4ccc5cccc(O)c5n4)cc32)c1. The molecular formula is C36H30N4O. The highest BCUT2D eigenvalue weighted by molar-refractivity contribution is 6.03. The first kappa shape index (κ1) is 24.9. The van der Waals surface area contributed by atoms with Gasteiger partial charge in [-0.3, -0.25) is 4.90 Å². The van der Waals surface area contributed by atoms with Crippen molar-refractivity contribution in [1.82, 2.24) is 9.97 Å². The number of phenolic OH excluding ortho intramolecular Hbond substituents is 1. The molecule has 1 N–H and O–H groups in total. The Bertz CT molecular complexity index is 1960. The number of pyridine rings is 2. The molecule has 0 spiro atoms. The minimum atomic E-state index is 0.179. The van der Waals surface area contributed by atoms with Crippen LogP contribution in [0.4, 0.5) is 34.3 Å². The van der Waals surface area contributed by atoms with Crippen LogP contribution in [0.25, 0.3) is 22.2 Å². The topological polar surface area (TPSA) is 52.5 Å². The lowest BCUT2D eigenvalue weighted by molar-refractivity contribution is 0.480. The van der Waals surface area contributed by atoms with Gasteiger partial charge in [0.05, 0.1) is 34.1 Å². The van der Waals surface area contributed by atoms with Crippen LogP contribution in [-0.2, 0) is 0 Å². The molecule has 6 aromatic rings. The predicted octanol–water partition coefficient (Wildman–Crippen LogP) is 9.49. The van der Waals surface area contributed by atoms with E-state index < -0.39 is 0 Å². The van der Waals surface area contributed by atoms with Gasteiger partial charge in [0.1, 0.15) is 17.1 Å². The summed E-state index contributed by atoms with van der Waals surface area (Å²) in [6, 6.07) is 33.2. The van der Waals surface area contributed by atoms with Crippen molar-refractivity contribution >= 4 is 45.2 Å². The zero-order valence-corrected chi connectivity index (χ0v) is 23.6. The third-order valence-electron chi connectivity index (χ3n) is 7.80. The summed E-state index contributed by atoms with van der Waals surface area (Å²) in [5, 5.41) is 11.4. The molecule has 0 bridgehead atoms. The van der Waals surface area contributed by atoms with Crippen LogP contribution in [0, 0.1) is 27.7 Å². The normalized spacial score (nSPS) is 12.4. The number of aryl methyl sites for hydroxylation is 4. The molecule has 0 unspecified atom stereocenters. The number of para-hydroxylation sites is 3. The van der Waals surface area contributed by atoms with E-state index in [0.717, 1.165) is 50.8 Å². The number of anilines is 6. The van der Waals surface area contributed by atoms with Crippen LogP contribution in [0.1, 0.15) is 22.3 Å². The molecule has 200 valence electrons. The molecule has 1 aliphatic rings. The third kappa shape index (κ3) is 4.09. The summed E-state index contributed by atoms with van der Waals surface area (Å²) in [5.74, 6) is 1.04. The van der Waals surface area contributed by atoms with Crippen molar-refractivity contribution in [2.45, 2.75) is 27.7 Å². The molecule has 5 heteroatoms. The molecule has 0 fully saturated rings. The van der Waals surface area contributed by atoms with E-state index in [9.17, 15) is 5.11 Å². The lowest BCUT2D eigenvalue weighted by Crippen LogP contribution is -2.25. The largest absolute Gasteiger partial charge is 0.506 e. The zero-order valence-electron chi connectivity index (χ0n) is 23.6. The Morgan fingerprint density at radius 1 is 0.610 bits per heavy atom. The summed E-state index contributed by atoms with van der Waals surface area (Å²) in [6.07, 6.45) is 1.87. The molecular weight excluding hydrogens is 504 g/mol. The van der Waals surface area contributed by atoms with Crippen molar-refractivity contribution in [1.29, 1.82) is 0 Å². The summed E-state index contributed by atoms with van der Waals surface area (Å²) in [6.45, 7) is 8.61. The lowest BCUT2D eigenvalue weighted by atomic mass is 9.98. The smallest absolute Gasteiger partial charge is 0.141 e. The number of nitrogens with zero attached hydrogens (tertiary/aromatic N) is 4. The first-order valence-electron chi connectivity index (χ1n) is 13.8. The summed E-state index contributed by atoms with van der Waals surface area (Å²) in [7, 11) is 0. The van der Waals surface area contributed by atoms with Crippen molar-refractivity contribution in [3.63, 3.8) is 0 Å². The van der Waals surface area contributed by atoms with Crippen molar-refractivity contribution in [3.8, 4) is 17.0 Å². The number of benzene rings is 4. The highest BCUT2D eigenvalue weighted by Crippen LogP contribution is 2.55. The van der Waals surface area contributed by atoms with Gasteiger partial charge in [-0.25, -0.2) is 9.97 Å². The van der Waals surface area contributed by atoms with Gasteiger partial charge in [-0.05, 0) is 92.9 Å². The average molecular weight is 535 g/mol. The van der Waals surface area contributed by atoms with Crippen molar-refractivity contribution in [2.75, 3.05) is 9.80 Å². The van der Waals surface area contributed by atoms with Crippen molar-refractivity contribution in [3.05, 3.63) is 126 Å². The minimum absolute atomic E-state index is 0.179. The summed E-state index contributed by atoms with van der Waals surface area (Å²) >= 11 is 0. The maximum absolute atomic E-state index is 10.5. The zero-order chi connectivity index (χ0) is 28.2. The number of rotatable bonds is 3. The van der Waals surface area contributed by atoms with Crippen LogP contribution < -0.4 is 9.80 Å². The number of hydrogen-bond acceptors (Lipinski definition) is 5. The highest BCUT2D eigenvalue weighted by atomic mass is 16.3. The van der Waals surface area contributed by atoms with E-state index in [4.69, 9.17) is 9.97 Å². The fourth-order valence-electron chi connectivity index (χ4n) is 6.10. The van der Waals surface area contributed by atoms with Gasteiger partial charge in [0.25, 0.3) is 0 Å². The Kier molecular flexibility index (Phi) is 5.75. The fourth-order valence-corrected chi connectivity index (χ4v) is 6.10. The van der Waals surface area contributed by atoms with E-state index in [0.29, 0.717) is 5.52 Å². The lowest BCUT2D eigenvalue weighted by Gasteiger charge is -2.41. The second-order valence-electron chi connectivity index (χ2n) is 10.8. The molecule has 0 amide bonds. The Hall–Kier alpha value is -5.16. The molecule has 41 heavy (non-hydrogen) atoms. The van der Waals surface area contributed by atoms with E-state index in [1.165, 1.54) is 22.4 Å². The Morgan fingerprint density at radius 3 is 2.10 bits per heavy atom. The monoisotopic (exact) mass is 534 g/mol. The van der Waals surface area contributed by atoms with Gasteiger partial charge in [0.15, 0.2) is 0 Å². The van der Waals surface area contributed by atoms with Crippen LogP contribution >= 0.6 is 0 Å². The molecule has 5 nitrogen and oxygen atoms in total. The van der Waals surface area contributed by atoms with Gasteiger partial charge in [-0.15, -0.1) is 0 Å². The van der Waals surface area contributed by atoms with Gasteiger partial charge in [0, 0.05) is 17.1 Å². The van der Waals surface area contributed by atoms with Crippen LogP contribution in [-0.4, -0.2) is 15.1 Å². The molecule has 0 atom stereocenters. The summed E-state index contributed by atoms with van der Waals surface area (Å²) in [5.41, 5.74) is 12.6. The van der Waals surface area contributed by atoms with Crippen LogP contribution in [0.15, 0.2) is 103 Å². The molecule has 0 saturated heterocycles. The summed E-state index contributed by atoms with van der Waals surface area (Å²) in [4.78, 5) is 14.3. The molecule has 0 aliphatic carbocycles. The number of phenols is 1. The third-order valence-corrected chi connectivity index (χ3v) is 7.80. The molecule has 0 radical (unpaired) electrons. The second-order valence-corrected chi connectivity index (χ2v) is 10.8. The molecule has 0 saturated carbocycles. The maximum atomic E-state index is 10.5. The van der Waals surface area contributed by atoms with E-state index in [-0.39, 0.29) is 5.75 Å². The summed E-state index contributed by atoms with van der Waals surface area (Å²) < 4.78 is 0. The molecule has 3 heterocycles. The first-order chi connectivity index (χ1) is 19.9. The van der Waals surface area contributed by atoms with Crippen LogP contribution in [0.3, 0.4) is 0 Å². The van der Waals surface area contributed by atoms with Crippen molar-refractivity contribution in [2.24, 2.45) is 0 Å². The van der Waals surface area contributed by atoms with Gasteiger partial charge in [-0.2, -0.15) is 0 Å². The fraction of sp³-hybridized carbons (Fsp3) is 0.111. The number of aromatic nitrogens is 2. The first-order valence-corrected chi connectivity index (χ1v) is 13.8. The van der Waals surface area contributed by atoms with E-state index in [2.05, 4.69) is 98.2 Å². The Morgan fingerprint density at radius 2 is 1.34 bits per heavy atom. The second kappa shape index (κ2) is 9.49. The van der Waals surface area contributed by atoms with E-state index >= 15 is 0 Å². The highest BCUT2D eigenvalue weighted by Gasteiger charge is 2.32. The van der Waals surface area contributed by atoms with Crippen LogP contribution in [0.5, 0.6) is 5.75 Å². The number of fused-ring (bicyclic) bond motifs is 3. The van der Waals surface area contributed by atoms with Crippen molar-refractivity contribution < 1.29 is 5.11 Å². The Balaban J connectivity index is 1.51. The predicted molar refractivity (Wildman–Crippen MR) is 169 cm³/mol. The van der Waals surface area contributed by atoms with Gasteiger partial charge >= 0.3 is 0 Å². The minimum Gasteiger partial charge on any atom is -0.506 e. The molecule has 7 rings (SSSR count). The van der Waals surface area contributed by atoms with Gasteiger partial charge < -0.3 is 10.0 Å². The average Bonchev–Trinajstić information content (AvgIpc) is 2.96. The standard InChI is InChI=1S/C36H30N4O/c1-22-16-17-37-34(20-22)39-29-9-5-6-10-30(29)40(36-24(3)18-23(2)19-25(36)4)31-15-13-27(21-32(31)39)28-14-12-26-8-7-11-33(41)35(26)38-28/h5-21,41H,1-4H3. The molecule has 4 aromatic carbocycles. The van der Waals surface area contributed by atoms with Gasteiger partial charge in [-0.1, -0.05) is 54.1 Å². The molecule has 1 aliphatic heterocycles. The number of hydrogen-bond donors (Lipinski definition) is 1. The Labute approximate surface area is 240 Å². The molecule has 2 aromatic heterocycles. The van der Waals surface area contributed by atoms with E-state index in [1.807, 2.05) is 36.5 Å². The van der Waals surface area contributed by atoms with E-state index in [1.54, 1.807) is 6.07 Å². The quantitative estimate of drug-likeness (QED) is 0.245. The maximum Gasteiger partial charge on any atom is 0.141 e. The van der Waals surface area contributed by atoms with Crippen LogP contribution in [0.2, 0.25) is 0 Å². The number of aromatic hydroxyl groups is 1. The van der Waals surface area contributed by atoms with Gasteiger partial charge in [0.2, 0.25) is 0 Å².